The van der Waals surface area contributed by atoms with Crippen molar-refractivity contribution < 1.29 is 28.6 Å². The van der Waals surface area contributed by atoms with Crippen molar-refractivity contribution in [2.75, 3.05) is 13.2 Å². The normalized spacial score (nSPS) is 12.5. The van der Waals surface area contributed by atoms with Gasteiger partial charge in [0, 0.05) is 19.3 Å². The van der Waals surface area contributed by atoms with Gasteiger partial charge < -0.3 is 14.2 Å². The van der Waals surface area contributed by atoms with Crippen LogP contribution in [0, 0.1) is 0 Å². The van der Waals surface area contributed by atoms with Gasteiger partial charge in [0.1, 0.15) is 13.2 Å². The molecule has 0 aliphatic rings. The Balaban J connectivity index is 4.16. The number of hydrogen-bond donors (Lipinski definition) is 0. The van der Waals surface area contributed by atoms with Crippen LogP contribution in [0.2, 0.25) is 0 Å². The highest BCUT2D eigenvalue weighted by molar-refractivity contribution is 5.71. The van der Waals surface area contributed by atoms with Gasteiger partial charge in [-0.15, -0.1) is 0 Å². The second-order valence-corrected chi connectivity index (χ2v) is 24.1. The highest BCUT2D eigenvalue weighted by Gasteiger charge is 2.19. The molecule has 1 unspecified atom stereocenters. The zero-order chi connectivity index (χ0) is 59.2. The number of ether oxygens (including phenoxy) is 3. The van der Waals surface area contributed by atoms with Gasteiger partial charge in [-0.2, -0.15) is 0 Å². The van der Waals surface area contributed by atoms with E-state index in [1.54, 1.807) is 0 Å². The van der Waals surface area contributed by atoms with Crippen molar-refractivity contribution in [1.29, 1.82) is 0 Å². The molecule has 0 fully saturated rings. The van der Waals surface area contributed by atoms with Gasteiger partial charge in [-0.25, -0.2) is 0 Å². The first-order chi connectivity index (χ1) is 40.5. The molecule has 0 aliphatic heterocycles. The highest BCUT2D eigenvalue weighted by Crippen LogP contribution is 2.19. The van der Waals surface area contributed by atoms with Gasteiger partial charge in [0.2, 0.25) is 0 Å². The maximum absolute atomic E-state index is 12.9. The summed E-state index contributed by atoms with van der Waals surface area (Å²) < 4.78 is 16.9. The van der Waals surface area contributed by atoms with Crippen LogP contribution < -0.4 is 0 Å². The fourth-order valence-electron chi connectivity index (χ4n) is 10.6. The lowest BCUT2D eigenvalue weighted by atomic mass is 10.0. The molecule has 0 aromatic heterocycles. The Bertz CT molecular complexity index is 1500. The molecule has 0 spiro atoms. The maximum Gasteiger partial charge on any atom is 0.306 e. The number of rotatable bonds is 66. The summed E-state index contributed by atoms with van der Waals surface area (Å²) in [6, 6.07) is 0. The van der Waals surface area contributed by atoms with E-state index in [-0.39, 0.29) is 31.1 Å². The standard InChI is InChI=1S/C76H136O6/c1-4-7-10-13-16-19-22-25-27-29-31-32-33-34-35-36-37-38-39-40-41-42-43-45-46-48-51-54-57-60-63-66-69-75(78)81-72-73(71-80-74(77)68-65-62-59-56-53-50-24-21-18-15-12-9-6-3)82-76(79)70-67-64-61-58-55-52-49-47-44-30-28-26-23-20-17-14-11-8-5-2/h8,11-12,15,17,20-21,24,26,28,44,47,73H,4-7,9-10,13-14,16,18-19,22-23,25,27,29-43,45-46,48-72H2,1-3H3/b11-8-,15-12-,20-17-,24-21-,28-26-,47-44-. The molecule has 0 rings (SSSR count). The first-order valence-electron chi connectivity index (χ1n) is 35.9. The van der Waals surface area contributed by atoms with E-state index >= 15 is 0 Å². The van der Waals surface area contributed by atoms with Crippen molar-refractivity contribution in [2.24, 2.45) is 0 Å². The minimum Gasteiger partial charge on any atom is -0.462 e. The molecule has 0 aromatic carbocycles. The summed E-state index contributed by atoms with van der Waals surface area (Å²) in [6.45, 7) is 6.49. The third-order valence-corrected chi connectivity index (χ3v) is 15.9. The summed E-state index contributed by atoms with van der Waals surface area (Å²) in [7, 11) is 0. The van der Waals surface area contributed by atoms with Crippen molar-refractivity contribution in [3.8, 4) is 0 Å². The van der Waals surface area contributed by atoms with Crippen LogP contribution in [0.5, 0.6) is 0 Å². The van der Waals surface area contributed by atoms with Gasteiger partial charge in [0.25, 0.3) is 0 Å². The molecule has 0 aromatic rings. The zero-order valence-electron chi connectivity index (χ0n) is 54.8. The summed E-state index contributed by atoms with van der Waals surface area (Å²) >= 11 is 0. The third kappa shape index (κ3) is 67.6. The summed E-state index contributed by atoms with van der Waals surface area (Å²) in [5.41, 5.74) is 0. The smallest absolute Gasteiger partial charge is 0.306 e. The number of esters is 3. The fourth-order valence-corrected chi connectivity index (χ4v) is 10.6. The van der Waals surface area contributed by atoms with E-state index in [0.717, 1.165) is 122 Å². The Kier molecular flexibility index (Phi) is 67.6. The van der Waals surface area contributed by atoms with E-state index < -0.39 is 6.10 Å². The molecule has 0 bridgehead atoms. The van der Waals surface area contributed by atoms with Crippen molar-refractivity contribution in [3.63, 3.8) is 0 Å². The molecule has 82 heavy (non-hydrogen) atoms. The van der Waals surface area contributed by atoms with Crippen molar-refractivity contribution >= 4 is 17.9 Å². The second kappa shape index (κ2) is 70.3. The summed E-state index contributed by atoms with van der Waals surface area (Å²) in [4.78, 5) is 38.4. The maximum atomic E-state index is 12.9. The quantitative estimate of drug-likeness (QED) is 0.0261. The van der Waals surface area contributed by atoms with Gasteiger partial charge in [0.15, 0.2) is 6.10 Å². The van der Waals surface area contributed by atoms with E-state index in [9.17, 15) is 14.4 Å². The van der Waals surface area contributed by atoms with Crippen LogP contribution in [0.1, 0.15) is 374 Å². The fraction of sp³-hybridized carbons (Fsp3) is 0.803. The number of carbonyl (C=O) groups excluding carboxylic acids is 3. The molecule has 0 aliphatic carbocycles. The Morgan fingerprint density at radius 3 is 0.793 bits per heavy atom. The lowest BCUT2D eigenvalue weighted by molar-refractivity contribution is -0.167. The lowest BCUT2D eigenvalue weighted by Crippen LogP contribution is -2.30. The lowest BCUT2D eigenvalue weighted by Gasteiger charge is -2.18. The van der Waals surface area contributed by atoms with E-state index in [1.165, 1.54) is 212 Å². The van der Waals surface area contributed by atoms with Crippen LogP contribution in [-0.4, -0.2) is 37.2 Å². The van der Waals surface area contributed by atoms with E-state index in [4.69, 9.17) is 14.2 Å². The molecule has 0 saturated carbocycles. The van der Waals surface area contributed by atoms with Crippen molar-refractivity contribution in [3.05, 3.63) is 72.9 Å². The molecule has 0 radical (unpaired) electrons. The minimum absolute atomic E-state index is 0.0831. The Hall–Kier alpha value is -3.15. The topological polar surface area (TPSA) is 78.9 Å². The first kappa shape index (κ1) is 78.8. The first-order valence-corrected chi connectivity index (χ1v) is 35.9. The Labute approximate surface area is 510 Å². The van der Waals surface area contributed by atoms with E-state index in [0.29, 0.717) is 19.3 Å². The van der Waals surface area contributed by atoms with Gasteiger partial charge in [-0.05, 0) is 83.5 Å². The van der Waals surface area contributed by atoms with Crippen LogP contribution in [0.15, 0.2) is 72.9 Å². The Morgan fingerprint density at radius 1 is 0.256 bits per heavy atom. The van der Waals surface area contributed by atoms with Gasteiger partial charge in [-0.3, -0.25) is 14.4 Å². The van der Waals surface area contributed by atoms with Crippen LogP contribution in [0.25, 0.3) is 0 Å². The van der Waals surface area contributed by atoms with Crippen LogP contribution >= 0.6 is 0 Å². The minimum atomic E-state index is -0.790. The van der Waals surface area contributed by atoms with Crippen LogP contribution in [0.4, 0.5) is 0 Å². The molecule has 6 heteroatoms. The van der Waals surface area contributed by atoms with Crippen molar-refractivity contribution in [1.82, 2.24) is 0 Å². The van der Waals surface area contributed by atoms with Gasteiger partial charge in [0.05, 0.1) is 0 Å². The molecule has 6 nitrogen and oxygen atoms in total. The molecule has 476 valence electrons. The molecule has 0 amide bonds. The molecule has 0 heterocycles. The summed E-state index contributed by atoms with van der Waals surface area (Å²) in [6.07, 6.45) is 92.4. The van der Waals surface area contributed by atoms with Crippen LogP contribution in [-0.2, 0) is 28.6 Å². The number of allylic oxidation sites excluding steroid dienone is 12. The molecular weight excluding hydrogens is 1010 g/mol. The van der Waals surface area contributed by atoms with E-state index in [1.807, 2.05) is 0 Å². The largest absolute Gasteiger partial charge is 0.462 e. The summed E-state index contributed by atoms with van der Waals surface area (Å²) in [5, 5.41) is 0. The van der Waals surface area contributed by atoms with Gasteiger partial charge >= 0.3 is 17.9 Å². The molecule has 0 saturated heterocycles. The zero-order valence-corrected chi connectivity index (χ0v) is 54.8. The van der Waals surface area contributed by atoms with Crippen molar-refractivity contribution in [2.45, 2.75) is 380 Å². The Morgan fingerprint density at radius 2 is 0.500 bits per heavy atom. The SMILES string of the molecule is CC/C=C\C/C=C\C/C=C\C/C=C\CCCCCCCCC(=O)OC(COC(=O)CCCCCCC/C=C\C/C=C\CCC)COC(=O)CCCCCCCCCCCCCCCCCCCCCCCCCCCCCCCCCC. The number of unbranched alkanes of at least 4 members (excludes halogenated alkanes) is 43. The monoisotopic (exact) mass is 1150 g/mol. The second-order valence-electron chi connectivity index (χ2n) is 24.1. The molecule has 0 N–H and O–H groups in total. The third-order valence-electron chi connectivity index (χ3n) is 15.9. The predicted octanol–water partition coefficient (Wildman–Crippen LogP) is 24.8. The highest BCUT2D eigenvalue weighted by atomic mass is 16.6. The number of hydrogen-bond acceptors (Lipinski definition) is 6. The average Bonchev–Trinajstić information content (AvgIpc) is 3.47. The summed E-state index contributed by atoms with van der Waals surface area (Å²) in [5.74, 6) is -0.894. The molecule has 1 atom stereocenters. The molecular formula is C76H136O6. The van der Waals surface area contributed by atoms with Gasteiger partial charge in [-0.1, -0.05) is 344 Å². The predicted molar refractivity (Wildman–Crippen MR) is 358 cm³/mol. The average molecular weight is 1150 g/mol. The number of carbonyl (C=O) groups is 3. The van der Waals surface area contributed by atoms with E-state index in [2.05, 4.69) is 93.7 Å². The van der Waals surface area contributed by atoms with Crippen LogP contribution in [0.3, 0.4) is 0 Å².